The van der Waals surface area contributed by atoms with Gasteiger partial charge in [0.2, 0.25) is 12.1 Å². The molecule has 29 heavy (non-hydrogen) atoms. The number of ketones is 1. The Balaban J connectivity index is 2.04. The minimum atomic E-state index is -2.91. The van der Waals surface area contributed by atoms with Gasteiger partial charge in [-0.3, -0.25) is 9.59 Å². The molecule has 0 bridgehead atoms. The van der Waals surface area contributed by atoms with Gasteiger partial charge in [0.1, 0.15) is 0 Å². The van der Waals surface area contributed by atoms with E-state index < -0.39 is 30.1 Å². The minimum absolute atomic E-state index is 0.00306. The summed E-state index contributed by atoms with van der Waals surface area (Å²) in [5.41, 5.74) is 0.00394. The number of H-pyrrole nitrogens is 1. The van der Waals surface area contributed by atoms with Crippen molar-refractivity contribution in [1.29, 1.82) is 0 Å². The molecule has 11 heteroatoms. The molecule has 0 fully saturated rings. The zero-order valence-electron chi connectivity index (χ0n) is 15.6. The normalized spacial score (nSPS) is 12.2. The fraction of sp³-hybridized carbons (Fsp3) is 0.278. The van der Waals surface area contributed by atoms with Crippen LogP contribution in [-0.2, 0) is 9.53 Å². The van der Waals surface area contributed by atoms with Gasteiger partial charge in [0, 0.05) is 17.0 Å². The molecule has 0 radical (unpaired) electrons. The van der Waals surface area contributed by atoms with E-state index >= 15 is 0 Å². The van der Waals surface area contributed by atoms with Crippen LogP contribution in [0.1, 0.15) is 53.7 Å². The highest BCUT2D eigenvalue weighted by molar-refractivity contribution is 9.10. The van der Waals surface area contributed by atoms with E-state index in [1.807, 2.05) is 0 Å². The third kappa shape index (κ3) is 4.24. The van der Waals surface area contributed by atoms with E-state index in [4.69, 9.17) is 4.74 Å². The predicted molar refractivity (Wildman–Crippen MR) is 101 cm³/mol. The van der Waals surface area contributed by atoms with Gasteiger partial charge < -0.3 is 9.72 Å². The number of carbonyl (C=O) groups excluding carboxylic acids is 2. The highest BCUT2D eigenvalue weighted by Gasteiger charge is 2.29. The summed E-state index contributed by atoms with van der Waals surface area (Å²) in [5.74, 6) is -1.09. The van der Waals surface area contributed by atoms with E-state index in [1.165, 1.54) is 20.8 Å². The Bertz CT molecular complexity index is 1080. The third-order valence-corrected chi connectivity index (χ3v) is 4.62. The topological polar surface area (TPSA) is 103 Å². The Morgan fingerprint density at radius 3 is 2.66 bits per heavy atom. The van der Waals surface area contributed by atoms with Gasteiger partial charge in [-0.15, -0.1) is 15.0 Å². The molecular weight excluding hydrogens is 452 g/mol. The molecule has 152 valence electrons. The second kappa shape index (κ2) is 8.19. The zero-order valence-corrected chi connectivity index (χ0v) is 17.2. The number of nitrogens with zero attached hydrogens (tertiary/aromatic N) is 4. The van der Waals surface area contributed by atoms with Crippen molar-refractivity contribution < 1.29 is 23.1 Å². The van der Waals surface area contributed by atoms with Gasteiger partial charge in [-0.2, -0.15) is 0 Å². The van der Waals surface area contributed by atoms with Crippen LogP contribution in [-0.4, -0.2) is 36.9 Å². The lowest BCUT2D eigenvalue weighted by atomic mass is 9.99. The van der Waals surface area contributed by atoms with E-state index in [2.05, 4.69) is 36.3 Å². The van der Waals surface area contributed by atoms with Crippen LogP contribution in [0.15, 0.2) is 28.7 Å². The van der Waals surface area contributed by atoms with Crippen LogP contribution in [0.5, 0.6) is 0 Å². The second-order valence-corrected chi connectivity index (χ2v) is 7.11. The molecule has 0 amide bonds. The quantitative estimate of drug-likeness (QED) is 0.434. The molecule has 1 atom stereocenters. The number of halogens is 3. The lowest BCUT2D eigenvalue weighted by Gasteiger charge is -2.08. The first-order chi connectivity index (χ1) is 13.7. The maximum absolute atomic E-state index is 13.7. The highest BCUT2D eigenvalue weighted by atomic mass is 79.9. The van der Waals surface area contributed by atoms with Crippen LogP contribution in [0, 0.1) is 6.92 Å². The predicted octanol–water partition coefficient (Wildman–Crippen LogP) is 3.99. The molecule has 0 aliphatic rings. The van der Waals surface area contributed by atoms with Crippen molar-refractivity contribution in [3.8, 4) is 11.5 Å². The summed E-state index contributed by atoms with van der Waals surface area (Å²) in [4.78, 5) is 27.6. The summed E-state index contributed by atoms with van der Waals surface area (Å²) >= 11 is 3.27. The number of hydrogen-bond acceptors (Lipinski definition) is 6. The fourth-order valence-corrected chi connectivity index (χ4v) is 3.24. The van der Waals surface area contributed by atoms with Crippen LogP contribution >= 0.6 is 15.9 Å². The number of esters is 1. The van der Waals surface area contributed by atoms with Crippen LogP contribution in [0.3, 0.4) is 0 Å². The summed E-state index contributed by atoms with van der Waals surface area (Å²) in [7, 11) is 0. The van der Waals surface area contributed by atoms with E-state index in [-0.39, 0.29) is 28.2 Å². The first-order valence-corrected chi connectivity index (χ1v) is 9.26. The number of nitrogens with one attached hydrogen (secondary N) is 1. The SMILES string of the molecule is CC(=O)OC(C)n1nnc(-c2[nH]c(C(F)F)c(C(=O)c3cccc(Br)c3)c2C)n1. The molecule has 0 saturated carbocycles. The number of benzene rings is 1. The van der Waals surface area contributed by atoms with Crippen molar-refractivity contribution in [2.75, 3.05) is 0 Å². The average molecular weight is 468 g/mol. The van der Waals surface area contributed by atoms with Gasteiger partial charge in [0.05, 0.1) is 17.0 Å². The first kappa shape index (κ1) is 20.8. The third-order valence-electron chi connectivity index (χ3n) is 4.12. The average Bonchev–Trinajstić information content (AvgIpc) is 3.25. The van der Waals surface area contributed by atoms with Gasteiger partial charge >= 0.3 is 5.97 Å². The maximum Gasteiger partial charge on any atom is 0.304 e. The van der Waals surface area contributed by atoms with E-state index in [9.17, 15) is 18.4 Å². The molecular formula is C18H16BrF2N5O3. The smallest absolute Gasteiger partial charge is 0.304 e. The lowest BCUT2D eigenvalue weighted by Crippen LogP contribution is -2.15. The number of tetrazole rings is 1. The van der Waals surface area contributed by atoms with Crippen molar-refractivity contribution >= 4 is 27.7 Å². The number of ether oxygens (including phenoxy) is 1. The molecule has 0 saturated heterocycles. The van der Waals surface area contributed by atoms with Crippen molar-refractivity contribution in [2.24, 2.45) is 0 Å². The van der Waals surface area contributed by atoms with Gasteiger partial charge in [-0.1, -0.05) is 28.1 Å². The maximum atomic E-state index is 13.7. The number of alkyl halides is 2. The van der Waals surface area contributed by atoms with Crippen molar-refractivity contribution in [1.82, 2.24) is 25.2 Å². The Morgan fingerprint density at radius 2 is 2.03 bits per heavy atom. The lowest BCUT2D eigenvalue weighted by molar-refractivity contribution is -0.151. The Labute approximate surface area is 172 Å². The number of carbonyl (C=O) groups is 2. The molecule has 2 aromatic heterocycles. The van der Waals surface area contributed by atoms with Crippen LogP contribution in [0.4, 0.5) is 8.78 Å². The zero-order chi connectivity index (χ0) is 21.3. The van der Waals surface area contributed by atoms with Gasteiger partial charge in [-0.05, 0) is 36.8 Å². The molecule has 3 rings (SSSR count). The molecule has 1 N–H and O–H groups in total. The van der Waals surface area contributed by atoms with Gasteiger partial charge in [0.15, 0.2) is 5.78 Å². The van der Waals surface area contributed by atoms with Crippen molar-refractivity contribution in [3.05, 3.63) is 51.1 Å². The highest BCUT2D eigenvalue weighted by Crippen LogP contribution is 2.33. The largest absolute Gasteiger partial charge is 0.438 e. The van der Waals surface area contributed by atoms with Crippen LogP contribution in [0.25, 0.3) is 11.5 Å². The molecule has 8 nitrogen and oxygen atoms in total. The summed E-state index contributed by atoms with van der Waals surface area (Å²) in [6, 6.07) is 6.47. The van der Waals surface area contributed by atoms with Gasteiger partial charge in [0.25, 0.3) is 6.43 Å². The van der Waals surface area contributed by atoms with Crippen LogP contribution < -0.4 is 0 Å². The molecule has 0 aliphatic carbocycles. The van der Waals surface area contributed by atoms with E-state index in [1.54, 1.807) is 24.3 Å². The fourth-order valence-electron chi connectivity index (χ4n) is 2.84. The molecule has 2 heterocycles. The van der Waals surface area contributed by atoms with Crippen molar-refractivity contribution in [2.45, 2.75) is 33.4 Å². The summed E-state index contributed by atoms with van der Waals surface area (Å²) in [6.07, 6.45) is -3.75. The Morgan fingerprint density at radius 1 is 1.31 bits per heavy atom. The molecule has 3 aromatic rings. The van der Waals surface area contributed by atoms with Crippen LogP contribution in [0.2, 0.25) is 0 Å². The monoisotopic (exact) mass is 467 g/mol. The van der Waals surface area contributed by atoms with E-state index in [0.29, 0.717) is 4.47 Å². The number of hydrogen-bond donors (Lipinski definition) is 1. The molecule has 1 unspecified atom stereocenters. The molecule has 0 spiro atoms. The Hall–Kier alpha value is -2.95. The minimum Gasteiger partial charge on any atom is -0.438 e. The first-order valence-electron chi connectivity index (χ1n) is 8.47. The summed E-state index contributed by atoms with van der Waals surface area (Å²) in [5, 5.41) is 11.7. The molecule has 0 aliphatic heterocycles. The summed E-state index contributed by atoms with van der Waals surface area (Å²) < 4.78 is 32.9. The number of aromatic amines is 1. The Kier molecular flexibility index (Phi) is 5.87. The van der Waals surface area contributed by atoms with Gasteiger partial charge in [-0.25, -0.2) is 8.78 Å². The number of aromatic nitrogens is 5. The summed E-state index contributed by atoms with van der Waals surface area (Å²) in [6.45, 7) is 4.29. The molecule has 1 aromatic carbocycles. The standard InChI is InChI=1S/C18H16BrF2N5O3/c1-8-13(16(28)11-5-4-6-12(19)7-11)15(17(20)21)22-14(8)18-23-25-26(24-18)9(2)29-10(3)27/h4-7,9,17,22H,1-3H3. The van der Waals surface area contributed by atoms with E-state index in [0.717, 1.165) is 4.80 Å². The number of rotatable bonds is 6. The second-order valence-electron chi connectivity index (χ2n) is 6.20. The van der Waals surface area contributed by atoms with Crippen molar-refractivity contribution in [3.63, 3.8) is 0 Å².